The highest BCUT2D eigenvalue weighted by atomic mass is 16.5. The lowest BCUT2D eigenvalue weighted by Gasteiger charge is -2.27. The summed E-state index contributed by atoms with van der Waals surface area (Å²) in [6.07, 6.45) is 2.58. The quantitative estimate of drug-likeness (QED) is 0.640. The summed E-state index contributed by atoms with van der Waals surface area (Å²) in [5.41, 5.74) is 0. The zero-order chi connectivity index (χ0) is 12.1. The summed E-state index contributed by atoms with van der Waals surface area (Å²) in [6.45, 7) is 6.01. The Morgan fingerprint density at radius 1 is 1.50 bits per heavy atom. The molecule has 1 aliphatic rings. The van der Waals surface area contributed by atoms with Gasteiger partial charge in [-0.05, 0) is 31.7 Å². The number of carboxylic acid groups (broad SMARTS) is 1. The van der Waals surface area contributed by atoms with E-state index in [0.717, 1.165) is 12.5 Å². The van der Waals surface area contributed by atoms with E-state index in [1.165, 1.54) is 12.8 Å². The van der Waals surface area contributed by atoms with Crippen LogP contribution in [-0.2, 0) is 9.53 Å². The maximum absolute atomic E-state index is 11.1. The molecule has 0 bridgehead atoms. The summed E-state index contributed by atoms with van der Waals surface area (Å²) in [6, 6.07) is -0.412. The third-order valence-corrected chi connectivity index (χ3v) is 3.00. The van der Waals surface area contributed by atoms with E-state index in [-0.39, 0.29) is 5.92 Å². The fourth-order valence-electron chi connectivity index (χ4n) is 1.86. The summed E-state index contributed by atoms with van der Waals surface area (Å²) in [5.74, 6) is 0.135. The standard InChI is InChI=1S/C12H23NO3/c1-9(2)11(12(14)15)13(3)6-7-16-8-10-4-5-10/h9-11H,4-8H2,1-3H3,(H,14,15). The average Bonchev–Trinajstić information content (AvgIpc) is 2.94. The van der Waals surface area contributed by atoms with Crippen molar-refractivity contribution >= 4 is 5.97 Å². The molecule has 0 aliphatic heterocycles. The van der Waals surface area contributed by atoms with E-state index in [0.29, 0.717) is 13.2 Å². The molecule has 94 valence electrons. The van der Waals surface area contributed by atoms with Crippen LogP contribution in [0.15, 0.2) is 0 Å². The molecule has 0 aromatic carbocycles. The van der Waals surface area contributed by atoms with Crippen molar-refractivity contribution in [3.63, 3.8) is 0 Å². The lowest BCUT2D eigenvalue weighted by molar-refractivity contribution is -0.144. The highest BCUT2D eigenvalue weighted by Gasteiger charge is 2.26. The summed E-state index contributed by atoms with van der Waals surface area (Å²) in [5, 5.41) is 9.09. The number of ether oxygens (including phenoxy) is 1. The maximum Gasteiger partial charge on any atom is 0.321 e. The first-order valence-corrected chi connectivity index (χ1v) is 6.03. The minimum absolute atomic E-state index is 0.117. The Morgan fingerprint density at radius 2 is 2.12 bits per heavy atom. The van der Waals surface area contributed by atoms with Gasteiger partial charge in [-0.25, -0.2) is 0 Å². The van der Waals surface area contributed by atoms with Crippen molar-refractivity contribution in [2.75, 3.05) is 26.8 Å². The maximum atomic E-state index is 11.1. The molecule has 0 spiro atoms. The monoisotopic (exact) mass is 229 g/mol. The Bertz CT molecular complexity index is 226. The van der Waals surface area contributed by atoms with Crippen LogP contribution < -0.4 is 0 Å². The van der Waals surface area contributed by atoms with Crippen LogP contribution in [0.3, 0.4) is 0 Å². The van der Waals surface area contributed by atoms with Crippen molar-refractivity contribution in [1.82, 2.24) is 4.90 Å². The number of aliphatic carboxylic acids is 1. The largest absolute Gasteiger partial charge is 0.480 e. The van der Waals surface area contributed by atoms with Gasteiger partial charge in [0.2, 0.25) is 0 Å². The van der Waals surface area contributed by atoms with Gasteiger partial charge < -0.3 is 9.84 Å². The molecular formula is C12H23NO3. The van der Waals surface area contributed by atoms with Crippen molar-refractivity contribution in [1.29, 1.82) is 0 Å². The minimum atomic E-state index is -0.750. The molecule has 4 heteroatoms. The topological polar surface area (TPSA) is 49.8 Å². The zero-order valence-electron chi connectivity index (χ0n) is 10.5. The predicted octanol–water partition coefficient (Wildman–Crippen LogP) is 1.45. The molecule has 16 heavy (non-hydrogen) atoms. The van der Waals surface area contributed by atoms with E-state index in [1.54, 1.807) is 0 Å². The first kappa shape index (κ1) is 13.5. The molecule has 0 saturated heterocycles. The van der Waals surface area contributed by atoms with Gasteiger partial charge in [-0.15, -0.1) is 0 Å². The molecule has 0 aromatic rings. The molecule has 4 nitrogen and oxygen atoms in total. The minimum Gasteiger partial charge on any atom is -0.480 e. The number of likely N-dealkylation sites (N-methyl/N-ethyl adjacent to an activating group) is 1. The second-order valence-electron chi connectivity index (χ2n) is 5.03. The summed E-state index contributed by atoms with van der Waals surface area (Å²) in [4.78, 5) is 12.9. The first-order chi connectivity index (χ1) is 7.52. The van der Waals surface area contributed by atoms with Crippen LogP contribution in [0.25, 0.3) is 0 Å². The third-order valence-electron chi connectivity index (χ3n) is 3.00. The molecular weight excluding hydrogens is 206 g/mol. The number of nitrogens with zero attached hydrogens (tertiary/aromatic N) is 1. The van der Waals surface area contributed by atoms with Crippen LogP contribution in [0.2, 0.25) is 0 Å². The fraction of sp³-hybridized carbons (Fsp3) is 0.917. The van der Waals surface area contributed by atoms with Crippen molar-refractivity contribution in [2.45, 2.75) is 32.7 Å². The molecule has 0 aromatic heterocycles. The van der Waals surface area contributed by atoms with E-state index < -0.39 is 12.0 Å². The van der Waals surface area contributed by atoms with E-state index in [4.69, 9.17) is 9.84 Å². The van der Waals surface area contributed by atoms with Gasteiger partial charge >= 0.3 is 5.97 Å². The number of hydrogen-bond donors (Lipinski definition) is 1. The average molecular weight is 229 g/mol. The first-order valence-electron chi connectivity index (χ1n) is 6.03. The van der Waals surface area contributed by atoms with E-state index in [2.05, 4.69) is 0 Å². The van der Waals surface area contributed by atoms with Crippen molar-refractivity contribution in [2.24, 2.45) is 11.8 Å². The smallest absolute Gasteiger partial charge is 0.321 e. The zero-order valence-corrected chi connectivity index (χ0v) is 10.5. The van der Waals surface area contributed by atoms with Crippen molar-refractivity contribution in [3.05, 3.63) is 0 Å². The highest BCUT2D eigenvalue weighted by molar-refractivity contribution is 5.73. The lowest BCUT2D eigenvalue weighted by atomic mass is 10.0. The van der Waals surface area contributed by atoms with Gasteiger partial charge in [0.15, 0.2) is 0 Å². The second kappa shape index (κ2) is 6.21. The molecule has 1 N–H and O–H groups in total. The summed E-state index contributed by atoms with van der Waals surface area (Å²) >= 11 is 0. The molecule has 0 heterocycles. The molecule has 1 saturated carbocycles. The van der Waals surface area contributed by atoms with Gasteiger partial charge in [0.1, 0.15) is 6.04 Å². The Balaban J connectivity index is 2.19. The van der Waals surface area contributed by atoms with Gasteiger partial charge in [0, 0.05) is 13.2 Å². The lowest BCUT2D eigenvalue weighted by Crippen LogP contribution is -2.43. The Morgan fingerprint density at radius 3 is 2.56 bits per heavy atom. The van der Waals surface area contributed by atoms with Crippen LogP contribution in [0, 0.1) is 11.8 Å². The van der Waals surface area contributed by atoms with Gasteiger partial charge in [0.05, 0.1) is 6.61 Å². The number of hydrogen-bond acceptors (Lipinski definition) is 3. The predicted molar refractivity (Wildman–Crippen MR) is 62.4 cm³/mol. The van der Waals surface area contributed by atoms with Gasteiger partial charge in [-0.1, -0.05) is 13.8 Å². The van der Waals surface area contributed by atoms with Gasteiger partial charge in [-0.2, -0.15) is 0 Å². The van der Waals surface area contributed by atoms with Crippen LogP contribution in [0.5, 0.6) is 0 Å². The van der Waals surface area contributed by atoms with Crippen LogP contribution in [0.1, 0.15) is 26.7 Å². The van der Waals surface area contributed by atoms with Crippen LogP contribution in [-0.4, -0.2) is 48.8 Å². The SMILES string of the molecule is CC(C)C(C(=O)O)N(C)CCOCC1CC1. The molecule has 1 unspecified atom stereocenters. The second-order valence-corrected chi connectivity index (χ2v) is 5.03. The molecule has 1 atom stereocenters. The number of rotatable bonds is 8. The number of carbonyl (C=O) groups is 1. The van der Waals surface area contributed by atoms with E-state index >= 15 is 0 Å². The molecule has 1 fully saturated rings. The Hall–Kier alpha value is -0.610. The van der Waals surface area contributed by atoms with Crippen LogP contribution >= 0.6 is 0 Å². The van der Waals surface area contributed by atoms with E-state index in [1.807, 2.05) is 25.8 Å². The van der Waals surface area contributed by atoms with Crippen molar-refractivity contribution < 1.29 is 14.6 Å². The van der Waals surface area contributed by atoms with Gasteiger partial charge in [0.25, 0.3) is 0 Å². The van der Waals surface area contributed by atoms with Gasteiger partial charge in [-0.3, -0.25) is 9.69 Å². The molecule has 1 aliphatic carbocycles. The molecule has 1 rings (SSSR count). The third kappa shape index (κ3) is 4.49. The van der Waals surface area contributed by atoms with Crippen LogP contribution in [0.4, 0.5) is 0 Å². The van der Waals surface area contributed by atoms with Crippen molar-refractivity contribution in [3.8, 4) is 0 Å². The summed E-state index contributed by atoms with van der Waals surface area (Å²) < 4.78 is 5.50. The Labute approximate surface area is 97.6 Å². The fourth-order valence-corrected chi connectivity index (χ4v) is 1.86. The molecule has 0 amide bonds. The molecule has 0 radical (unpaired) electrons. The van der Waals surface area contributed by atoms with E-state index in [9.17, 15) is 4.79 Å². The number of carboxylic acids is 1. The summed E-state index contributed by atoms with van der Waals surface area (Å²) in [7, 11) is 1.85. The Kier molecular flexibility index (Phi) is 5.22. The normalized spacial score (nSPS) is 18.1. The highest BCUT2D eigenvalue weighted by Crippen LogP contribution is 2.28.